The number of esters is 1. The number of sulfonamides is 1. The van der Waals surface area contributed by atoms with Crippen LogP contribution in [0, 0.1) is 5.82 Å². The Morgan fingerprint density at radius 1 is 1.16 bits per heavy atom. The number of nitrogens with zero attached hydrogens (tertiary/aromatic N) is 3. The molecule has 1 aromatic heterocycles. The van der Waals surface area contributed by atoms with Crippen molar-refractivity contribution in [1.82, 2.24) is 13.9 Å². The first-order valence-electron chi connectivity index (χ1n) is 10.2. The van der Waals surface area contributed by atoms with E-state index in [2.05, 4.69) is 4.98 Å². The smallest absolute Gasteiger partial charge is 0.338 e. The SMILES string of the molecule is CCOC(=O)c1ccc(S(=O)(=O)N2CCC(n3cnc4ccc(F)cc4c3=O)CC2)cc1. The standard InChI is InChI=1S/C22H22FN3O5S/c1-2-31-22(28)15-3-6-18(7-4-15)32(29,30)25-11-9-17(10-12-25)26-14-24-20-8-5-16(23)13-19(20)21(26)27/h3-8,13-14,17H,2,9-12H2,1H3. The van der Waals surface area contributed by atoms with Crippen LogP contribution in [0.5, 0.6) is 0 Å². The van der Waals surface area contributed by atoms with Crippen molar-refractivity contribution in [3.63, 3.8) is 0 Å². The molecule has 1 fully saturated rings. The molecule has 0 spiro atoms. The molecular formula is C22H22FN3O5S. The molecule has 4 rings (SSSR count). The van der Waals surface area contributed by atoms with Gasteiger partial charge in [-0.3, -0.25) is 9.36 Å². The number of ether oxygens (including phenoxy) is 1. The lowest BCUT2D eigenvalue weighted by atomic mass is 10.1. The zero-order valence-electron chi connectivity index (χ0n) is 17.4. The number of carbonyl (C=O) groups is 1. The van der Waals surface area contributed by atoms with Crippen LogP contribution < -0.4 is 5.56 Å². The fraction of sp³-hybridized carbons (Fsp3) is 0.318. The number of fused-ring (bicyclic) bond motifs is 1. The molecule has 0 N–H and O–H groups in total. The summed E-state index contributed by atoms with van der Waals surface area (Å²) in [5, 5.41) is 0.198. The van der Waals surface area contributed by atoms with E-state index in [9.17, 15) is 22.4 Å². The van der Waals surface area contributed by atoms with E-state index in [0.717, 1.165) is 0 Å². The van der Waals surface area contributed by atoms with Gasteiger partial charge in [-0.05, 0) is 62.2 Å². The van der Waals surface area contributed by atoms with E-state index in [1.165, 1.54) is 57.7 Å². The Hall–Kier alpha value is -3.11. The summed E-state index contributed by atoms with van der Waals surface area (Å²) in [5.74, 6) is -1.02. The lowest BCUT2D eigenvalue weighted by molar-refractivity contribution is 0.0526. The normalized spacial score (nSPS) is 15.7. The lowest BCUT2D eigenvalue weighted by Gasteiger charge is -2.32. The average Bonchev–Trinajstić information content (AvgIpc) is 2.80. The van der Waals surface area contributed by atoms with Gasteiger partial charge in [0.25, 0.3) is 5.56 Å². The molecule has 2 heterocycles. The molecule has 0 atom stereocenters. The number of aromatic nitrogens is 2. The Morgan fingerprint density at radius 3 is 2.50 bits per heavy atom. The van der Waals surface area contributed by atoms with E-state index in [-0.39, 0.29) is 47.1 Å². The molecule has 0 bridgehead atoms. The Morgan fingerprint density at radius 2 is 1.84 bits per heavy atom. The van der Waals surface area contributed by atoms with E-state index in [1.807, 2.05) is 0 Å². The summed E-state index contributed by atoms with van der Waals surface area (Å²) in [7, 11) is -3.74. The highest BCUT2D eigenvalue weighted by molar-refractivity contribution is 7.89. The maximum Gasteiger partial charge on any atom is 0.338 e. The Balaban J connectivity index is 1.50. The molecule has 1 aliphatic heterocycles. The minimum absolute atomic E-state index is 0.0870. The number of piperidine rings is 1. The maximum atomic E-state index is 13.6. The number of hydrogen-bond acceptors (Lipinski definition) is 6. The van der Waals surface area contributed by atoms with Gasteiger partial charge in [-0.25, -0.2) is 22.6 Å². The Bertz CT molecular complexity index is 1310. The topological polar surface area (TPSA) is 98.6 Å². The van der Waals surface area contributed by atoms with Crippen LogP contribution in [-0.4, -0.2) is 47.9 Å². The number of halogens is 1. The van der Waals surface area contributed by atoms with Gasteiger partial charge in [0.05, 0.1) is 34.3 Å². The molecule has 8 nitrogen and oxygen atoms in total. The molecule has 0 unspecified atom stereocenters. The highest BCUT2D eigenvalue weighted by atomic mass is 32.2. The van der Waals surface area contributed by atoms with Crippen molar-refractivity contribution in [3.05, 3.63) is 70.5 Å². The first kappa shape index (κ1) is 22.1. The van der Waals surface area contributed by atoms with Crippen LogP contribution >= 0.6 is 0 Å². The molecule has 1 saturated heterocycles. The van der Waals surface area contributed by atoms with Crippen molar-refractivity contribution >= 4 is 26.9 Å². The van der Waals surface area contributed by atoms with Gasteiger partial charge in [0.15, 0.2) is 0 Å². The second-order valence-corrected chi connectivity index (χ2v) is 9.44. The highest BCUT2D eigenvalue weighted by Gasteiger charge is 2.30. The number of benzene rings is 2. The molecular weight excluding hydrogens is 437 g/mol. The van der Waals surface area contributed by atoms with Crippen molar-refractivity contribution in [2.45, 2.75) is 30.7 Å². The van der Waals surface area contributed by atoms with Crippen LogP contribution in [-0.2, 0) is 14.8 Å². The highest BCUT2D eigenvalue weighted by Crippen LogP contribution is 2.26. The zero-order valence-corrected chi connectivity index (χ0v) is 18.2. The van der Waals surface area contributed by atoms with Crippen molar-refractivity contribution in [2.24, 2.45) is 0 Å². The molecule has 0 amide bonds. The van der Waals surface area contributed by atoms with Crippen molar-refractivity contribution in [1.29, 1.82) is 0 Å². The van der Waals surface area contributed by atoms with Crippen molar-refractivity contribution in [2.75, 3.05) is 19.7 Å². The summed E-state index contributed by atoms with van der Waals surface area (Å²) in [4.78, 5) is 28.9. The van der Waals surface area contributed by atoms with E-state index >= 15 is 0 Å². The van der Waals surface area contributed by atoms with Gasteiger partial charge in [0.1, 0.15) is 5.82 Å². The monoisotopic (exact) mass is 459 g/mol. The molecule has 0 saturated carbocycles. The predicted molar refractivity (Wildman–Crippen MR) is 115 cm³/mol. The van der Waals surface area contributed by atoms with Gasteiger partial charge >= 0.3 is 5.97 Å². The Kier molecular flexibility index (Phi) is 6.07. The lowest BCUT2D eigenvalue weighted by Crippen LogP contribution is -2.40. The van der Waals surface area contributed by atoms with Crippen LogP contribution in [0.15, 0.2) is 58.5 Å². The van der Waals surface area contributed by atoms with Gasteiger partial charge in [0.2, 0.25) is 10.0 Å². The van der Waals surface area contributed by atoms with Gasteiger partial charge < -0.3 is 4.74 Å². The van der Waals surface area contributed by atoms with Gasteiger partial charge in [-0.1, -0.05) is 0 Å². The third-order valence-electron chi connectivity index (χ3n) is 5.56. The number of carbonyl (C=O) groups excluding carboxylic acids is 1. The van der Waals surface area contributed by atoms with Crippen molar-refractivity contribution in [3.8, 4) is 0 Å². The predicted octanol–water partition coefficient (Wildman–Crippen LogP) is 2.74. The Labute approximate surface area is 184 Å². The quantitative estimate of drug-likeness (QED) is 0.544. The number of rotatable bonds is 5. The third kappa shape index (κ3) is 4.15. The minimum atomic E-state index is -3.74. The number of hydrogen-bond donors (Lipinski definition) is 0. The van der Waals surface area contributed by atoms with Crippen LogP contribution in [0.3, 0.4) is 0 Å². The van der Waals surface area contributed by atoms with Crippen LogP contribution in [0.4, 0.5) is 4.39 Å². The molecule has 1 aliphatic rings. The van der Waals surface area contributed by atoms with E-state index in [4.69, 9.17) is 4.74 Å². The van der Waals surface area contributed by atoms with Crippen LogP contribution in [0.2, 0.25) is 0 Å². The van der Waals surface area contributed by atoms with Crippen molar-refractivity contribution < 1.29 is 22.3 Å². The first-order chi connectivity index (χ1) is 15.3. The van der Waals surface area contributed by atoms with Crippen LogP contribution in [0.25, 0.3) is 10.9 Å². The molecule has 0 radical (unpaired) electrons. The molecule has 10 heteroatoms. The average molecular weight is 459 g/mol. The molecule has 168 valence electrons. The maximum absolute atomic E-state index is 13.6. The first-order valence-corrected chi connectivity index (χ1v) is 11.7. The van der Waals surface area contributed by atoms with Gasteiger partial charge in [-0.15, -0.1) is 0 Å². The molecule has 3 aromatic rings. The molecule has 32 heavy (non-hydrogen) atoms. The second-order valence-electron chi connectivity index (χ2n) is 7.50. The molecule has 2 aromatic carbocycles. The zero-order chi connectivity index (χ0) is 22.9. The minimum Gasteiger partial charge on any atom is -0.462 e. The largest absolute Gasteiger partial charge is 0.462 e. The van der Waals surface area contributed by atoms with Crippen LogP contribution in [0.1, 0.15) is 36.2 Å². The summed E-state index contributed by atoms with van der Waals surface area (Å²) in [6.45, 7) is 2.37. The summed E-state index contributed by atoms with van der Waals surface area (Å²) in [6, 6.07) is 9.27. The fourth-order valence-electron chi connectivity index (χ4n) is 3.86. The van der Waals surface area contributed by atoms with E-state index < -0.39 is 21.8 Å². The van der Waals surface area contributed by atoms with E-state index in [0.29, 0.717) is 18.4 Å². The summed E-state index contributed by atoms with van der Waals surface area (Å²) >= 11 is 0. The van der Waals surface area contributed by atoms with E-state index in [1.54, 1.807) is 6.92 Å². The van der Waals surface area contributed by atoms with Gasteiger partial charge in [0, 0.05) is 19.1 Å². The molecule has 0 aliphatic carbocycles. The summed E-state index contributed by atoms with van der Waals surface area (Å²) < 4.78 is 47.3. The second kappa shape index (κ2) is 8.79. The van der Waals surface area contributed by atoms with Gasteiger partial charge in [-0.2, -0.15) is 4.31 Å². The fourth-order valence-corrected chi connectivity index (χ4v) is 5.33. The summed E-state index contributed by atoms with van der Waals surface area (Å²) in [6.07, 6.45) is 2.27. The third-order valence-corrected chi connectivity index (χ3v) is 7.48. The summed E-state index contributed by atoms with van der Waals surface area (Å²) in [5.41, 5.74) is 0.355.